The normalized spacial score (nSPS) is 18.1. The van der Waals surface area contributed by atoms with Crippen LogP contribution in [0.3, 0.4) is 0 Å². The van der Waals surface area contributed by atoms with Crippen molar-refractivity contribution < 1.29 is 17.9 Å². The van der Waals surface area contributed by atoms with Gasteiger partial charge in [0.25, 0.3) is 5.91 Å². The molecule has 2 heterocycles. The number of fused-ring (bicyclic) bond motifs is 1. The van der Waals surface area contributed by atoms with Crippen LogP contribution in [0.1, 0.15) is 37.3 Å². The Labute approximate surface area is 178 Å². The number of rotatable bonds is 5. The number of piperidine rings is 1. The van der Waals surface area contributed by atoms with Gasteiger partial charge < -0.3 is 9.64 Å². The number of carbonyl (C=O) groups excluding carboxylic acids is 1. The van der Waals surface area contributed by atoms with Crippen LogP contribution in [0.25, 0.3) is 0 Å². The van der Waals surface area contributed by atoms with Crippen LogP contribution in [0.2, 0.25) is 0 Å². The maximum atomic E-state index is 13.0. The van der Waals surface area contributed by atoms with Crippen LogP contribution in [0.4, 0.5) is 5.69 Å². The Morgan fingerprint density at radius 1 is 1.03 bits per heavy atom. The summed E-state index contributed by atoms with van der Waals surface area (Å²) in [6.45, 7) is 5.42. The summed E-state index contributed by atoms with van der Waals surface area (Å²) in [7, 11) is -3.48. The maximum Gasteiger partial charge on any atom is 0.267 e. The van der Waals surface area contributed by atoms with Crippen LogP contribution in [-0.2, 0) is 21.2 Å². The molecule has 0 aliphatic carbocycles. The van der Waals surface area contributed by atoms with E-state index in [1.54, 1.807) is 34.3 Å². The molecule has 0 saturated carbocycles. The molecule has 1 fully saturated rings. The average molecular weight is 429 g/mol. The summed E-state index contributed by atoms with van der Waals surface area (Å²) >= 11 is 0. The highest BCUT2D eigenvalue weighted by Crippen LogP contribution is 2.32. The van der Waals surface area contributed by atoms with Crippen molar-refractivity contribution in [1.82, 2.24) is 4.31 Å². The molecule has 2 aromatic carbocycles. The number of carbonyl (C=O) groups is 1. The van der Waals surface area contributed by atoms with E-state index < -0.39 is 16.1 Å². The first-order chi connectivity index (χ1) is 14.4. The van der Waals surface area contributed by atoms with Crippen molar-refractivity contribution in [3.63, 3.8) is 0 Å². The number of amides is 1. The number of anilines is 1. The van der Waals surface area contributed by atoms with Gasteiger partial charge >= 0.3 is 0 Å². The molecule has 0 bridgehead atoms. The van der Waals surface area contributed by atoms with E-state index in [2.05, 4.69) is 0 Å². The number of hydrogen-bond acceptors (Lipinski definition) is 4. The first kappa shape index (κ1) is 20.9. The molecule has 0 unspecified atom stereocenters. The van der Waals surface area contributed by atoms with Crippen LogP contribution in [0.5, 0.6) is 5.75 Å². The fraction of sp³-hybridized carbons (Fsp3) is 0.435. The van der Waals surface area contributed by atoms with Crippen molar-refractivity contribution in [2.45, 2.75) is 50.5 Å². The third-order valence-corrected chi connectivity index (χ3v) is 7.71. The third-order valence-electron chi connectivity index (χ3n) is 5.82. The summed E-state index contributed by atoms with van der Waals surface area (Å²) < 4.78 is 33.4. The van der Waals surface area contributed by atoms with E-state index >= 15 is 0 Å². The molecule has 2 aliphatic heterocycles. The molecular formula is C23H28N2O4S. The van der Waals surface area contributed by atoms with Gasteiger partial charge in [-0.15, -0.1) is 0 Å². The van der Waals surface area contributed by atoms with Crippen LogP contribution < -0.4 is 9.64 Å². The Morgan fingerprint density at radius 3 is 2.53 bits per heavy atom. The largest absolute Gasteiger partial charge is 0.481 e. The minimum Gasteiger partial charge on any atom is -0.481 e. The van der Waals surface area contributed by atoms with Crippen LogP contribution >= 0.6 is 0 Å². The van der Waals surface area contributed by atoms with Crippen LogP contribution in [-0.4, -0.2) is 44.4 Å². The zero-order chi connectivity index (χ0) is 21.3. The maximum absolute atomic E-state index is 13.0. The van der Waals surface area contributed by atoms with Gasteiger partial charge in [-0.05, 0) is 74.6 Å². The summed E-state index contributed by atoms with van der Waals surface area (Å²) in [5.41, 5.74) is 2.74. The molecule has 2 aromatic rings. The second-order valence-corrected chi connectivity index (χ2v) is 10.0. The topological polar surface area (TPSA) is 66.9 Å². The van der Waals surface area contributed by atoms with Crippen molar-refractivity contribution in [3.05, 3.63) is 53.6 Å². The van der Waals surface area contributed by atoms with E-state index in [4.69, 9.17) is 4.74 Å². The summed E-state index contributed by atoms with van der Waals surface area (Å²) in [5.74, 6) is 0.542. The van der Waals surface area contributed by atoms with Crippen molar-refractivity contribution in [1.29, 1.82) is 0 Å². The lowest BCUT2D eigenvalue weighted by atomic mass is 10.2. The van der Waals surface area contributed by atoms with Gasteiger partial charge in [-0.2, -0.15) is 4.31 Å². The fourth-order valence-corrected chi connectivity index (χ4v) is 5.75. The minimum atomic E-state index is -3.48. The SMILES string of the molecule is Cc1cccc(O[C@@H](C)C(=O)N2CCc3cc(S(=O)(=O)N4CCCCC4)ccc32)c1. The van der Waals surface area contributed by atoms with Gasteiger partial charge in [-0.25, -0.2) is 8.42 Å². The molecule has 0 spiro atoms. The highest BCUT2D eigenvalue weighted by Gasteiger charge is 2.32. The van der Waals surface area contributed by atoms with Crippen LogP contribution in [0, 0.1) is 6.92 Å². The molecule has 2 aliphatic rings. The van der Waals surface area contributed by atoms with E-state index in [1.165, 1.54) is 0 Å². The van der Waals surface area contributed by atoms with Gasteiger partial charge in [0, 0.05) is 25.3 Å². The van der Waals surface area contributed by atoms with Gasteiger partial charge in [-0.3, -0.25) is 4.79 Å². The summed E-state index contributed by atoms with van der Waals surface area (Å²) in [6, 6.07) is 12.7. The second-order valence-electron chi connectivity index (χ2n) is 8.07. The van der Waals surface area contributed by atoms with Crippen molar-refractivity contribution in [2.75, 3.05) is 24.5 Å². The molecule has 7 heteroatoms. The first-order valence-corrected chi connectivity index (χ1v) is 12.0. The third kappa shape index (κ3) is 4.09. The fourth-order valence-electron chi connectivity index (χ4n) is 4.18. The van der Waals surface area contributed by atoms with Gasteiger partial charge in [0.2, 0.25) is 10.0 Å². The van der Waals surface area contributed by atoms with E-state index in [-0.39, 0.29) is 5.91 Å². The van der Waals surface area contributed by atoms with E-state index in [0.29, 0.717) is 36.7 Å². The molecule has 1 amide bonds. The van der Waals surface area contributed by atoms with Gasteiger partial charge in [0.15, 0.2) is 6.10 Å². The summed E-state index contributed by atoms with van der Waals surface area (Å²) in [5, 5.41) is 0. The predicted molar refractivity (Wildman–Crippen MR) is 116 cm³/mol. The molecule has 6 nitrogen and oxygen atoms in total. The molecule has 1 atom stereocenters. The Hall–Kier alpha value is -2.38. The first-order valence-electron chi connectivity index (χ1n) is 10.5. The number of aryl methyl sites for hydroxylation is 1. The molecule has 0 N–H and O–H groups in total. The lowest BCUT2D eigenvalue weighted by Crippen LogP contribution is -2.39. The lowest BCUT2D eigenvalue weighted by Gasteiger charge is -2.26. The lowest BCUT2D eigenvalue weighted by molar-refractivity contribution is -0.124. The van der Waals surface area contributed by atoms with Gasteiger partial charge in [-0.1, -0.05) is 18.6 Å². The smallest absolute Gasteiger partial charge is 0.267 e. The molecule has 0 aromatic heterocycles. The van der Waals surface area contributed by atoms with Crippen LogP contribution in [0.15, 0.2) is 47.4 Å². The molecule has 0 radical (unpaired) electrons. The van der Waals surface area contributed by atoms with Gasteiger partial charge in [0.1, 0.15) is 5.75 Å². The quantitative estimate of drug-likeness (QED) is 0.731. The summed E-state index contributed by atoms with van der Waals surface area (Å²) in [4.78, 5) is 15.0. The average Bonchev–Trinajstić information content (AvgIpc) is 3.17. The van der Waals surface area contributed by atoms with E-state index in [0.717, 1.165) is 36.1 Å². The van der Waals surface area contributed by atoms with Crippen molar-refractivity contribution in [3.8, 4) is 5.75 Å². The number of hydrogen-bond donors (Lipinski definition) is 0. The van der Waals surface area contributed by atoms with E-state index in [1.807, 2.05) is 31.2 Å². The van der Waals surface area contributed by atoms with Crippen molar-refractivity contribution in [2.24, 2.45) is 0 Å². The number of sulfonamides is 1. The van der Waals surface area contributed by atoms with E-state index in [9.17, 15) is 13.2 Å². The Kier molecular flexibility index (Phi) is 5.84. The van der Waals surface area contributed by atoms with Gasteiger partial charge in [0.05, 0.1) is 4.90 Å². The predicted octanol–water partition coefficient (Wildman–Crippen LogP) is 3.53. The highest BCUT2D eigenvalue weighted by molar-refractivity contribution is 7.89. The Bertz CT molecular complexity index is 1040. The zero-order valence-corrected chi connectivity index (χ0v) is 18.3. The Balaban J connectivity index is 1.51. The number of ether oxygens (including phenoxy) is 1. The molecule has 160 valence electrons. The Morgan fingerprint density at radius 2 is 1.80 bits per heavy atom. The standard InChI is InChI=1S/C23H28N2O4S/c1-17-7-6-8-20(15-17)29-18(2)23(26)25-14-11-19-16-21(9-10-22(19)25)30(27,28)24-12-4-3-5-13-24/h6-10,15-16,18H,3-5,11-14H2,1-2H3/t18-/m0/s1. The summed E-state index contributed by atoms with van der Waals surface area (Å²) in [6.07, 6.45) is 2.91. The molecule has 4 rings (SSSR count). The highest BCUT2D eigenvalue weighted by atomic mass is 32.2. The van der Waals surface area contributed by atoms with Crippen molar-refractivity contribution >= 4 is 21.6 Å². The second kappa shape index (κ2) is 8.40. The molecular weight excluding hydrogens is 400 g/mol. The number of nitrogens with zero attached hydrogens (tertiary/aromatic N) is 2. The molecule has 30 heavy (non-hydrogen) atoms. The molecule has 1 saturated heterocycles. The monoisotopic (exact) mass is 428 g/mol. The minimum absolute atomic E-state index is 0.123. The number of benzene rings is 2. The zero-order valence-electron chi connectivity index (χ0n) is 17.5.